The first-order chi connectivity index (χ1) is 13.7. The van der Waals surface area contributed by atoms with Crippen molar-refractivity contribution in [3.8, 4) is 23.0 Å². The van der Waals surface area contributed by atoms with Gasteiger partial charge in [-0.2, -0.15) is 0 Å². The minimum atomic E-state index is -0.0472. The van der Waals surface area contributed by atoms with E-state index in [2.05, 4.69) is 10.2 Å². The highest BCUT2D eigenvalue weighted by Gasteiger charge is 2.28. The van der Waals surface area contributed by atoms with Crippen LogP contribution in [0, 0.1) is 0 Å². The minimum Gasteiger partial charge on any atom is -0.493 e. The summed E-state index contributed by atoms with van der Waals surface area (Å²) in [5.74, 6) is 2.33. The average Bonchev–Trinajstić information content (AvgIpc) is 3.44. The highest BCUT2D eigenvalue weighted by molar-refractivity contribution is 5.78. The molecular formula is C20H21N3O5. The third-order valence-electron chi connectivity index (χ3n) is 4.83. The first-order valence-corrected chi connectivity index (χ1v) is 9.14. The van der Waals surface area contributed by atoms with Crippen molar-refractivity contribution in [3.05, 3.63) is 48.7 Å². The van der Waals surface area contributed by atoms with Gasteiger partial charge in [-0.3, -0.25) is 4.79 Å². The zero-order chi connectivity index (χ0) is 19.3. The molecule has 1 aliphatic heterocycles. The van der Waals surface area contributed by atoms with Crippen LogP contribution in [0.3, 0.4) is 0 Å². The van der Waals surface area contributed by atoms with Crippen molar-refractivity contribution in [3.63, 3.8) is 0 Å². The number of furan rings is 1. The van der Waals surface area contributed by atoms with Crippen molar-refractivity contribution in [2.24, 2.45) is 0 Å². The summed E-state index contributed by atoms with van der Waals surface area (Å²) in [5, 5.41) is 8.24. The molecule has 1 amide bonds. The van der Waals surface area contributed by atoms with Crippen molar-refractivity contribution < 1.29 is 23.1 Å². The zero-order valence-electron chi connectivity index (χ0n) is 15.5. The molecule has 1 aromatic carbocycles. The molecule has 1 saturated heterocycles. The Bertz CT molecular complexity index is 914. The van der Waals surface area contributed by atoms with Gasteiger partial charge in [0.25, 0.3) is 11.8 Å². The molecule has 8 heteroatoms. The number of amides is 1. The molecule has 0 spiro atoms. The van der Waals surface area contributed by atoms with E-state index in [1.54, 1.807) is 42.7 Å². The Kier molecular flexibility index (Phi) is 5.27. The molecule has 1 aliphatic rings. The van der Waals surface area contributed by atoms with Crippen LogP contribution >= 0.6 is 0 Å². The van der Waals surface area contributed by atoms with Crippen LogP contribution < -0.4 is 9.47 Å². The first kappa shape index (κ1) is 18.1. The van der Waals surface area contributed by atoms with Gasteiger partial charge >= 0.3 is 0 Å². The topological polar surface area (TPSA) is 90.8 Å². The SMILES string of the molecule is COc1ccccc1OCC(=O)N1CCC(c2nnc(-c3ccoc3)o2)CC1. The summed E-state index contributed by atoms with van der Waals surface area (Å²) in [6.07, 6.45) is 4.68. The maximum absolute atomic E-state index is 12.5. The molecule has 0 saturated carbocycles. The standard InChI is InChI=1S/C20H21N3O5/c1-25-16-4-2-3-5-17(16)27-13-18(24)23-9-6-14(7-10-23)19-21-22-20(28-19)15-8-11-26-12-15/h2-5,8,11-12,14H,6-7,9-10,13H2,1H3. The Hall–Kier alpha value is -3.29. The van der Waals surface area contributed by atoms with E-state index in [0.29, 0.717) is 36.4 Å². The number of carbonyl (C=O) groups is 1. The quantitative estimate of drug-likeness (QED) is 0.646. The number of hydrogen-bond donors (Lipinski definition) is 0. The largest absolute Gasteiger partial charge is 0.493 e. The Morgan fingerprint density at radius 1 is 1.18 bits per heavy atom. The van der Waals surface area contributed by atoms with Gasteiger partial charge in [0, 0.05) is 19.0 Å². The lowest BCUT2D eigenvalue weighted by molar-refractivity contribution is -0.134. The Balaban J connectivity index is 1.29. The van der Waals surface area contributed by atoms with Gasteiger partial charge in [-0.15, -0.1) is 10.2 Å². The zero-order valence-corrected chi connectivity index (χ0v) is 15.5. The van der Waals surface area contributed by atoms with Crippen molar-refractivity contribution in [2.75, 3.05) is 26.8 Å². The Labute approximate surface area is 162 Å². The smallest absolute Gasteiger partial charge is 0.260 e. The number of hydrogen-bond acceptors (Lipinski definition) is 7. The van der Waals surface area contributed by atoms with Crippen LogP contribution in [-0.2, 0) is 4.79 Å². The number of rotatable bonds is 6. The van der Waals surface area contributed by atoms with Crippen LogP contribution in [0.25, 0.3) is 11.5 Å². The van der Waals surface area contributed by atoms with Gasteiger partial charge in [-0.05, 0) is 31.0 Å². The third kappa shape index (κ3) is 3.85. The Morgan fingerprint density at radius 3 is 2.68 bits per heavy atom. The van der Waals surface area contributed by atoms with E-state index >= 15 is 0 Å². The monoisotopic (exact) mass is 383 g/mol. The number of methoxy groups -OCH3 is 1. The molecule has 0 radical (unpaired) electrons. The van der Waals surface area contributed by atoms with Crippen molar-refractivity contribution in [1.29, 1.82) is 0 Å². The second kappa shape index (κ2) is 8.16. The van der Waals surface area contributed by atoms with Gasteiger partial charge in [0.15, 0.2) is 18.1 Å². The van der Waals surface area contributed by atoms with Crippen LogP contribution in [0.1, 0.15) is 24.7 Å². The van der Waals surface area contributed by atoms with Gasteiger partial charge in [0.1, 0.15) is 6.26 Å². The van der Waals surface area contributed by atoms with Gasteiger partial charge in [-0.25, -0.2) is 0 Å². The molecule has 3 aromatic rings. The summed E-state index contributed by atoms with van der Waals surface area (Å²) in [6, 6.07) is 9.06. The normalized spacial score (nSPS) is 14.8. The summed E-state index contributed by atoms with van der Waals surface area (Å²) in [4.78, 5) is 14.3. The van der Waals surface area contributed by atoms with E-state index in [1.807, 2.05) is 12.1 Å². The van der Waals surface area contributed by atoms with Crippen LogP contribution in [0.4, 0.5) is 0 Å². The van der Waals surface area contributed by atoms with Crippen LogP contribution in [-0.4, -0.2) is 47.8 Å². The molecule has 2 aromatic heterocycles. The maximum Gasteiger partial charge on any atom is 0.260 e. The number of carbonyl (C=O) groups excluding carboxylic acids is 1. The van der Waals surface area contributed by atoms with Crippen LogP contribution in [0.15, 0.2) is 51.7 Å². The predicted octanol–water partition coefficient (Wildman–Crippen LogP) is 3.12. The van der Waals surface area contributed by atoms with E-state index in [1.165, 1.54) is 0 Å². The number of nitrogens with zero attached hydrogens (tertiary/aromatic N) is 3. The Morgan fingerprint density at radius 2 is 1.96 bits per heavy atom. The second-order valence-corrected chi connectivity index (χ2v) is 6.55. The van der Waals surface area contributed by atoms with Crippen LogP contribution in [0.5, 0.6) is 11.5 Å². The maximum atomic E-state index is 12.5. The van der Waals surface area contributed by atoms with Crippen LogP contribution in [0.2, 0.25) is 0 Å². The average molecular weight is 383 g/mol. The number of para-hydroxylation sites is 2. The summed E-state index contributed by atoms with van der Waals surface area (Å²) in [5.41, 5.74) is 0.764. The third-order valence-corrected chi connectivity index (χ3v) is 4.83. The van der Waals surface area contributed by atoms with Crippen molar-refractivity contribution in [2.45, 2.75) is 18.8 Å². The number of piperidine rings is 1. The summed E-state index contributed by atoms with van der Waals surface area (Å²) in [6.45, 7) is 1.24. The lowest BCUT2D eigenvalue weighted by Gasteiger charge is -2.30. The van der Waals surface area contributed by atoms with Gasteiger partial charge in [0.05, 0.1) is 18.9 Å². The van der Waals surface area contributed by atoms with E-state index in [0.717, 1.165) is 18.4 Å². The lowest BCUT2D eigenvalue weighted by atomic mass is 9.97. The number of aromatic nitrogens is 2. The van der Waals surface area contributed by atoms with Gasteiger partial charge < -0.3 is 23.2 Å². The second-order valence-electron chi connectivity index (χ2n) is 6.55. The summed E-state index contributed by atoms with van der Waals surface area (Å²) >= 11 is 0. The molecule has 28 heavy (non-hydrogen) atoms. The number of ether oxygens (including phenoxy) is 2. The highest BCUT2D eigenvalue weighted by atomic mass is 16.5. The molecule has 4 rings (SSSR count). The van der Waals surface area contributed by atoms with E-state index in [9.17, 15) is 4.79 Å². The van der Waals surface area contributed by atoms with E-state index < -0.39 is 0 Å². The number of likely N-dealkylation sites (tertiary alicyclic amines) is 1. The van der Waals surface area contributed by atoms with Gasteiger partial charge in [-0.1, -0.05) is 12.1 Å². The lowest BCUT2D eigenvalue weighted by Crippen LogP contribution is -2.40. The minimum absolute atomic E-state index is 0.0176. The molecule has 8 nitrogen and oxygen atoms in total. The molecule has 1 fully saturated rings. The van der Waals surface area contributed by atoms with Crippen molar-refractivity contribution >= 4 is 5.91 Å². The van der Waals surface area contributed by atoms with E-state index in [-0.39, 0.29) is 18.4 Å². The summed E-state index contributed by atoms with van der Waals surface area (Å²) < 4.78 is 21.7. The highest BCUT2D eigenvalue weighted by Crippen LogP contribution is 2.30. The first-order valence-electron chi connectivity index (χ1n) is 9.14. The predicted molar refractivity (Wildman–Crippen MR) is 99.0 cm³/mol. The fraction of sp³-hybridized carbons (Fsp3) is 0.350. The summed E-state index contributed by atoms with van der Waals surface area (Å²) in [7, 11) is 1.57. The fourth-order valence-electron chi connectivity index (χ4n) is 3.25. The van der Waals surface area contributed by atoms with Crippen molar-refractivity contribution in [1.82, 2.24) is 15.1 Å². The number of benzene rings is 1. The molecule has 146 valence electrons. The molecular weight excluding hydrogens is 362 g/mol. The fourth-order valence-corrected chi connectivity index (χ4v) is 3.25. The molecule has 0 aliphatic carbocycles. The molecule has 0 N–H and O–H groups in total. The van der Waals surface area contributed by atoms with Gasteiger partial charge in [0.2, 0.25) is 5.89 Å². The molecule has 3 heterocycles. The molecule has 0 bridgehead atoms. The molecule has 0 unspecified atom stereocenters. The molecule has 0 atom stereocenters. The van der Waals surface area contributed by atoms with E-state index in [4.69, 9.17) is 18.3 Å².